The van der Waals surface area contributed by atoms with Crippen molar-refractivity contribution in [3.8, 4) is 0 Å². The summed E-state index contributed by atoms with van der Waals surface area (Å²) in [5.74, 6) is 0.190. The fourth-order valence-electron chi connectivity index (χ4n) is 1.35. The molecule has 2 rings (SSSR count). The predicted molar refractivity (Wildman–Crippen MR) is 77.3 cm³/mol. The first-order valence-corrected chi connectivity index (χ1v) is 8.17. The Morgan fingerprint density at radius 1 is 1.21 bits per heavy atom. The first kappa shape index (κ1) is 14.6. The molecule has 0 spiro atoms. The van der Waals surface area contributed by atoms with Crippen molar-refractivity contribution in [2.24, 2.45) is 0 Å². The van der Waals surface area contributed by atoms with Gasteiger partial charge < -0.3 is 9.52 Å². The molecule has 0 aliphatic carbocycles. The summed E-state index contributed by atoms with van der Waals surface area (Å²) in [6, 6.07) is 7.75. The molecule has 0 fully saturated rings. The average Bonchev–Trinajstić information content (AvgIpc) is 2.82. The lowest BCUT2D eigenvalue weighted by molar-refractivity contribution is 0.236. The van der Waals surface area contributed by atoms with Gasteiger partial charge in [-0.1, -0.05) is 15.9 Å². The van der Waals surface area contributed by atoms with Crippen LogP contribution in [0.3, 0.4) is 0 Å². The Balaban J connectivity index is 2.30. The van der Waals surface area contributed by atoms with E-state index in [9.17, 15) is 8.42 Å². The van der Waals surface area contributed by atoms with Gasteiger partial charge in [-0.15, -0.1) is 0 Å². The number of hydrogen-bond donors (Lipinski definition) is 2. The summed E-state index contributed by atoms with van der Waals surface area (Å²) in [7, 11) is -3.81. The monoisotopic (exact) mass is 409 g/mol. The molecule has 0 saturated heterocycles. The van der Waals surface area contributed by atoms with E-state index in [-0.39, 0.29) is 17.5 Å². The molecule has 0 bridgehead atoms. The number of rotatable bonds is 4. The number of halogens is 2. The lowest BCUT2D eigenvalue weighted by Crippen LogP contribution is -2.12. The average molecular weight is 411 g/mol. The number of benzene rings is 1. The summed E-state index contributed by atoms with van der Waals surface area (Å²) < 4.78 is 32.9. The molecule has 102 valence electrons. The van der Waals surface area contributed by atoms with E-state index in [1.807, 2.05) is 0 Å². The Morgan fingerprint density at radius 2 is 1.95 bits per heavy atom. The van der Waals surface area contributed by atoms with Crippen LogP contribution in [0.15, 0.2) is 48.8 Å². The normalized spacial score (nSPS) is 11.5. The Hall–Kier alpha value is -0.830. The van der Waals surface area contributed by atoms with E-state index in [1.165, 1.54) is 12.1 Å². The molecule has 0 atom stereocenters. The van der Waals surface area contributed by atoms with Crippen molar-refractivity contribution in [2.75, 3.05) is 4.72 Å². The van der Waals surface area contributed by atoms with Crippen LogP contribution in [0.2, 0.25) is 0 Å². The van der Waals surface area contributed by atoms with Crippen molar-refractivity contribution < 1.29 is 17.9 Å². The number of sulfonamides is 1. The molecule has 8 heteroatoms. The van der Waals surface area contributed by atoms with Gasteiger partial charge in [0.05, 0.1) is 5.69 Å². The van der Waals surface area contributed by atoms with Gasteiger partial charge in [-0.05, 0) is 46.3 Å². The van der Waals surface area contributed by atoms with E-state index >= 15 is 0 Å². The highest BCUT2D eigenvalue weighted by atomic mass is 79.9. The summed E-state index contributed by atoms with van der Waals surface area (Å²) in [6.07, 6.45) is 0. The third-order valence-electron chi connectivity index (χ3n) is 2.23. The molecule has 5 nitrogen and oxygen atoms in total. The highest BCUT2D eigenvalue weighted by Gasteiger charge is 2.19. The quantitative estimate of drug-likeness (QED) is 0.811. The largest absolute Gasteiger partial charge is 0.445 e. The van der Waals surface area contributed by atoms with Gasteiger partial charge in [0.2, 0.25) is 5.09 Å². The standard InChI is InChI=1S/C11H9Br2NO4S/c12-7-1-3-10(9(13)5-7)14-19(16,17)11-4-2-8(6-15)18-11/h1-5,14-15H,6H2. The van der Waals surface area contributed by atoms with Gasteiger partial charge in [-0.3, -0.25) is 4.72 Å². The molecule has 0 saturated carbocycles. The summed E-state index contributed by atoms with van der Waals surface area (Å²) in [5.41, 5.74) is 0.394. The van der Waals surface area contributed by atoms with Gasteiger partial charge in [0.1, 0.15) is 12.4 Å². The Kier molecular flexibility index (Phi) is 4.34. The van der Waals surface area contributed by atoms with Crippen molar-refractivity contribution in [1.82, 2.24) is 0 Å². The molecule has 0 radical (unpaired) electrons. The number of aliphatic hydroxyl groups excluding tert-OH is 1. The second kappa shape index (κ2) is 5.66. The summed E-state index contributed by atoms with van der Waals surface area (Å²) in [4.78, 5) is 0. The first-order valence-electron chi connectivity index (χ1n) is 5.10. The zero-order valence-corrected chi connectivity index (χ0v) is 13.4. The topological polar surface area (TPSA) is 79.5 Å². The van der Waals surface area contributed by atoms with Crippen molar-refractivity contribution in [3.05, 3.63) is 45.0 Å². The zero-order chi connectivity index (χ0) is 14.0. The molecule has 2 N–H and O–H groups in total. The zero-order valence-electron chi connectivity index (χ0n) is 9.43. The Bertz CT molecular complexity index is 696. The maximum atomic E-state index is 12.0. The third kappa shape index (κ3) is 3.38. The van der Waals surface area contributed by atoms with Crippen LogP contribution < -0.4 is 4.72 Å². The van der Waals surface area contributed by atoms with Crippen LogP contribution in [0.4, 0.5) is 5.69 Å². The molecule has 0 unspecified atom stereocenters. The molecule has 19 heavy (non-hydrogen) atoms. The lowest BCUT2D eigenvalue weighted by atomic mass is 10.3. The van der Waals surface area contributed by atoms with E-state index in [0.717, 1.165) is 4.47 Å². The Morgan fingerprint density at radius 3 is 2.53 bits per heavy atom. The van der Waals surface area contributed by atoms with Gasteiger partial charge in [0.15, 0.2) is 0 Å². The van der Waals surface area contributed by atoms with E-state index in [4.69, 9.17) is 9.52 Å². The van der Waals surface area contributed by atoms with Crippen LogP contribution in [-0.2, 0) is 16.6 Å². The van der Waals surface area contributed by atoms with Crippen LogP contribution >= 0.6 is 31.9 Å². The smallest absolute Gasteiger partial charge is 0.295 e. The van der Waals surface area contributed by atoms with Gasteiger partial charge in [0.25, 0.3) is 10.0 Å². The second-order valence-corrected chi connectivity index (χ2v) is 6.99. The maximum absolute atomic E-state index is 12.0. The summed E-state index contributed by atoms with van der Waals surface area (Å²) >= 11 is 6.54. The van der Waals surface area contributed by atoms with Crippen molar-refractivity contribution in [2.45, 2.75) is 11.7 Å². The highest BCUT2D eigenvalue weighted by molar-refractivity contribution is 9.11. The van der Waals surface area contributed by atoms with Gasteiger partial charge >= 0.3 is 0 Å². The van der Waals surface area contributed by atoms with Crippen LogP contribution in [0.25, 0.3) is 0 Å². The molecule has 1 aromatic heterocycles. The maximum Gasteiger partial charge on any atom is 0.295 e. The number of hydrogen-bond acceptors (Lipinski definition) is 4. The van der Waals surface area contributed by atoms with Crippen molar-refractivity contribution in [1.29, 1.82) is 0 Å². The van der Waals surface area contributed by atoms with E-state index in [2.05, 4.69) is 36.6 Å². The molecule has 2 aromatic rings. The molecule has 0 aliphatic heterocycles. The molecular formula is C11H9Br2NO4S. The number of anilines is 1. The highest BCUT2D eigenvalue weighted by Crippen LogP contribution is 2.28. The Labute approximate surface area is 126 Å². The van der Waals surface area contributed by atoms with E-state index in [0.29, 0.717) is 10.2 Å². The third-order valence-corrected chi connectivity index (χ3v) is 4.62. The van der Waals surface area contributed by atoms with Gasteiger partial charge in [0, 0.05) is 8.95 Å². The fourth-order valence-corrected chi connectivity index (χ4v) is 3.66. The minimum absolute atomic E-state index is 0.190. The van der Waals surface area contributed by atoms with E-state index < -0.39 is 10.0 Å². The van der Waals surface area contributed by atoms with E-state index in [1.54, 1.807) is 18.2 Å². The van der Waals surface area contributed by atoms with Crippen LogP contribution in [0, 0.1) is 0 Å². The number of aliphatic hydroxyl groups is 1. The van der Waals surface area contributed by atoms with Crippen molar-refractivity contribution >= 4 is 47.6 Å². The lowest BCUT2D eigenvalue weighted by Gasteiger charge is -2.08. The fraction of sp³-hybridized carbons (Fsp3) is 0.0909. The first-order chi connectivity index (χ1) is 8.92. The second-order valence-electron chi connectivity index (χ2n) is 3.61. The molecule has 0 aliphatic rings. The molecule has 0 amide bonds. The SMILES string of the molecule is O=S(=O)(Nc1ccc(Br)cc1Br)c1ccc(CO)o1. The minimum atomic E-state index is -3.81. The van der Waals surface area contributed by atoms with Crippen LogP contribution in [0.5, 0.6) is 0 Å². The molecule has 1 aromatic carbocycles. The number of furan rings is 1. The van der Waals surface area contributed by atoms with Crippen molar-refractivity contribution in [3.63, 3.8) is 0 Å². The predicted octanol–water partition coefficient (Wildman–Crippen LogP) is 3.10. The van der Waals surface area contributed by atoms with Crippen LogP contribution in [-0.4, -0.2) is 13.5 Å². The molecule has 1 heterocycles. The van der Waals surface area contributed by atoms with Crippen LogP contribution in [0.1, 0.15) is 5.76 Å². The van der Waals surface area contributed by atoms with Gasteiger partial charge in [-0.2, -0.15) is 8.42 Å². The minimum Gasteiger partial charge on any atom is -0.445 e. The summed E-state index contributed by atoms with van der Waals surface area (Å²) in [6.45, 7) is -0.350. The summed E-state index contributed by atoms with van der Waals surface area (Å²) in [5, 5.41) is 8.62. The molecular weight excluding hydrogens is 402 g/mol. The number of nitrogens with one attached hydrogen (secondary N) is 1. The van der Waals surface area contributed by atoms with Gasteiger partial charge in [-0.25, -0.2) is 0 Å².